The number of benzene rings is 1. The first-order chi connectivity index (χ1) is 10.2. The van der Waals surface area contributed by atoms with Crippen LogP contribution in [0.2, 0.25) is 0 Å². The molecular formula is C18H19N3. The maximum atomic E-state index is 4.38. The molecule has 0 aliphatic carbocycles. The average Bonchev–Trinajstić information content (AvgIpc) is 2.52. The summed E-state index contributed by atoms with van der Waals surface area (Å²) in [5.74, 6) is 0. The van der Waals surface area contributed by atoms with E-state index in [1.165, 1.54) is 10.9 Å². The van der Waals surface area contributed by atoms with Gasteiger partial charge < -0.3 is 5.32 Å². The Morgan fingerprint density at radius 2 is 1.81 bits per heavy atom. The molecular weight excluding hydrogens is 258 g/mol. The fourth-order valence-electron chi connectivity index (χ4n) is 2.40. The fourth-order valence-corrected chi connectivity index (χ4v) is 2.40. The number of hydrogen-bond donors (Lipinski definition) is 1. The van der Waals surface area contributed by atoms with E-state index >= 15 is 0 Å². The third-order valence-electron chi connectivity index (χ3n) is 3.49. The zero-order chi connectivity index (χ0) is 14.7. The Labute approximate surface area is 125 Å². The highest BCUT2D eigenvalue weighted by Crippen LogP contribution is 2.27. The van der Waals surface area contributed by atoms with Crippen molar-refractivity contribution in [2.45, 2.75) is 26.4 Å². The Kier molecular flexibility index (Phi) is 3.93. The van der Waals surface area contributed by atoms with Gasteiger partial charge in [-0.15, -0.1) is 0 Å². The lowest BCUT2D eigenvalue weighted by Gasteiger charge is -2.10. The second-order valence-corrected chi connectivity index (χ2v) is 5.53. The molecule has 0 fully saturated rings. The first-order valence-corrected chi connectivity index (χ1v) is 7.24. The molecule has 1 aromatic carbocycles. The summed E-state index contributed by atoms with van der Waals surface area (Å²) in [6, 6.07) is 11.0. The van der Waals surface area contributed by atoms with Crippen LogP contribution in [0.1, 0.15) is 19.4 Å². The van der Waals surface area contributed by atoms with Crippen LogP contribution in [0.5, 0.6) is 0 Å². The number of aromatic nitrogens is 2. The van der Waals surface area contributed by atoms with Crippen molar-refractivity contribution in [3.63, 3.8) is 0 Å². The number of nitrogens with one attached hydrogen (secondary N) is 1. The van der Waals surface area contributed by atoms with E-state index in [1.54, 1.807) is 0 Å². The van der Waals surface area contributed by atoms with Crippen LogP contribution < -0.4 is 5.32 Å². The van der Waals surface area contributed by atoms with E-state index in [2.05, 4.69) is 53.4 Å². The molecule has 3 rings (SSSR count). The van der Waals surface area contributed by atoms with Crippen LogP contribution >= 0.6 is 0 Å². The normalized spacial score (nSPS) is 11.2. The number of fused-ring (bicyclic) bond motifs is 1. The summed E-state index contributed by atoms with van der Waals surface area (Å²) in [5, 5.41) is 5.79. The Morgan fingerprint density at radius 1 is 1.00 bits per heavy atom. The van der Waals surface area contributed by atoms with Crippen LogP contribution in [-0.2, 0) is 6.54 Å². The van der Waals surface area contributed by atoms with Crippen molar-refractivity contribution in [1.82, 2.24) is 15.3 Å². The molecule has 0 spiro atoms. The van der Waals surface area contributed by atoms with Crippen LogP contribution in [0, 0.1) is 0 Å². The zero-order valence-electron chi connectivity index (χ0n) is 12.4. The lowest BCUT2D eigenvalue weighted by atomic mass is 10.0. The molecule has 3 nitrogen and oxygen atoms in total. The molecule has 21 heavy (non-hydrogen) atoms. The molecule has 0 aliphatic heterocycles. The standard InChI is InChI=1S/C18H19N3/c1-13(2)21-9-14-7-16(11-19-8-14)18-12-20-10-15-5-3-4-6-17(15)18/h3-8,10-13,21H,9H2,1-2H3. The molecule has 3 heteroatoms. The minimum atomic E-state index is 0.466. The van der Waals surface area contributed by atoms with Gasteiger partial charge in [-0.2, -0.15) is 0 Å². The second-order valence-electron chi connectivity index (χ2n) is 5.53. The molecule has 3 aromatic rings. The summed E-state index contributed by atoms with van der Waals surface area (Å²) >= 11 is 0. The van der Waals surface area contributed by atoms with Gasteiger partial charge in [0.15, 0.2) is 0 Å². The topological polar surface area (TPSA) is 37.8 Å². The Bertz CT molecular complexity index is 745. The predicted octanol–water partition coefficient (Wildman–Crippen LogP) is 3.79. The first-order valence-electron chi connectivity index (χ1n) is 7.24. The predicted molar refractivity (Wildman–Crippen MR) is 86.9 cm³/mol. The molecule has 0 bridgehead atoms. The largest absolute Gasteiger partial charge is 0.310 e. The molecule has 106 valence electrons. The molecule has 2 heterocycles. The summed E-state index contributed by atoms with van der Waals surface area (Å²) in [6.45, 7) is 5.12. The van der Waals surface area contributed by atoms with E-state index in [0.29, 0.717) is 6.04 Å². The van der Waals surface area contributed by atoms with Crippen LogP contribution in [0.3, 0.4) is 0 Å². The van der Waals surface area contributed by atoms with Gasteiger partial charge in [-0.05, 0) is 17.0 Å². The second kappa shape index (κ2) is 6.02. The van der Waals surface area contributed by atoms with Gasteiger partial charge in [-0.1, -0.05) is 38.1 Å². The lowest BCUT2D eigenvalue weighted by molar-refractivity contribution is 0.588. The molecule has 0 saturated carbocycles. The van der Waals surface area contributed by atoms with E-state index in [1.807, 2.05) is 30.9 Å². The van der Waals surface area contributed by atoms with Crippen molar-refractivity contribution in [3.05, 3.63) is 60.7 Å². The van der Waals surface area contributed by atoms with Gasteiger partial charge in [-0.3, -0.25) is 9.97 Å². The SMILES string of the molecule is CC(C)NCc1cncc(-c2cncc3ccccc23)c1. The minimum absolute atomic E-state index is 0.466. The third kappa shape index (κ3) is 3.09. The highest BCUT2D eigenvalue weighted by atomic mass is 14.9. The number of pyridine rings is 2. The first kappa shape index (κ1) is 13.7. The van der Waals surface area contributed by atoms with Gasteiger partial charge in [-0.25, -0.2) is 0 Å². The van der Waals surface area contributed by atoms with E-state index in [-0.39, 0.29) is 0 Å². The van der Waals surface area contributed by atoms with Crippen LogP contribution in [0.25, 0.3) is 21.9 Å². The quantitative estimate of drug-likeness (QED) is 0.788. The smallest absolute Gasteiger partial charge is 0.0353 e. The van der Waals surface area contributed by atoms with Crippen LogP contribution in [-0.4, -0.2) is 16.0 Å². The summed E-state index contributed by atoms with van der Waals surface area (Å²) in [7, 11) is 0. The maximum Gasteiger partial charge on any atom is 0.0353 e. The van der Waals surface area contributed by atoms with E-state index in [4.69, 9.17) is 0 Å². The van der Waals surface area contributed by atoms with Gasteiger partial charge in [0, 0.05) is 53.9 Å². The van der Waals surface area contributed by atoms with Crippen molar-refractivity contribution < 1.29 is 0 Å². The molecule has 2 aromatic heterocycles. The van der Waals surface area contributed by atoms with E-state index in [0.717, 1.165) is 23.1 Å². The highest BCUT2D eigenvalue weighted by molar-refractivity contribution is 5.95. The molecule has 0 unspecified atom stereocenters. The van der Waals surface area contributed by atoms with Gasteiger partial charge in [0.2, 0.25) is 0 Å². The summed E-state index contributed by atoms with van der Waals surface area (Å²) in [5.41, 5.74) is 3.43. The van der Waals surface area contributed by atoms with Crippen molar-refractivity contribution in [2.24, 2.45) is 0 Å². The summed E-state index contributed by atoms with van der Waals surface area (Å²) in [4.78, 5) is 8.73. The molecule has 0 radical (unpaired) electrons. The van der Waals surface area contributed by atoms with Crippen molar-refractivity contribution in [3.8, 4) is 11.1 Å². The number of rotatable bonds is 4. The molecule has 0 saturated heterocycles. The monoisotopic (exact) mass is 277 g/mol. The van der Waals surface area contributed by atoms with Gasteiger partial charge >= 0.3 is 0 Å². The zero-order valence-corrected chi connectivity index (χ0v) is 12.4. The minimum Gasteiger partial charge on any atom is -0.310 e. The van der Waals surface area contributed by atoms with Crippen molar-refractivity contribution in [1.29, 1.82) is 0 Å². The number of nitrogens with zero attached hydrogens (tertiary/aromatic N) is 2. The lowest BCUT2D eigenvalue weighted by Crippen LogP contribution is -2.21. The highest BCUT2D eigenvalue weighted by Gasteiger charge is 2.05. The van der Waals surface area contributed by atoms with Crippen molar-refractivity contribution in [2.75, 3.05) is 0 Å². The van der Waals surface area contributed by atoms with Crippen LogP contribution in [0.4, 0.5) is 0 Å². The van der Waals surface area contributed by atoms with E-state index < -0.39 is 0 Å². The third-order valence-corrected chi connectivity index (χ3v) is 3.49. The maximum absolute atomic E-state index is 4.38. The van der Waals surface area contributed by atoms with Crippen molar-refractivity contribution >= 4 is 10.8 Å². The average molecular weight is 277 g/mol. The Morgan fingerprint density at radius 3 is 2.67 bits per heavy atom. The molecule has 0 aliphatic rings. The molecule has 0 atom stereocenters. The van der Waals surface area contributed by atoms with Gasteiger partial charge in [0.05, 0.1) is 0 Å². The van der Waals surface area contributed by atoms with Gasteiger partial charge in [0.1, 0.15) is 0 Å². The van der Waals surface area contributed by atoms with E-state index in [9.17, 15) is 0 Å². The number of hydrogen-bond acceptors (Lipinski definition) is 3. The molecule has 0 amide bonds. The Balaban J connectivity index is 2.01. The fraction of sp³-hybridized carbons (Fsp3) is 0.222. The van der Waals surface area contributed by atoms with Crippen LogP contribution in [0.15, 0.2) is 55.1 Å². The van der Waals surface area contributed by atoms with Gasteiger partial charge in [0.25, 0.3) is 0 Å². The molecule has 1 N–H and O–H groups in total. The Hall–Kier alpha value is -2.26. The summed E-state index contributed by atoms with van der Waals surface area (Å²) in [6.07, 6.45) is 7.63. The summed E-state index contributed by atoms with van der Waals surface area (Å²) < 4.78 is 0.